The summed E-state index contributed by atoms with van der Waals surface area (Å²) in [6.07, 6.45) is 2.69. The maximum absolute atomic E-state index is 5.93. The fraction of sp³-hybridized carbons (Fsp3) is 1.00. The standard InChI is InChI=1S/C14H29NO2/c1-6-14(4)12(15-5)9-13(14)17-8-7-16-10-11(2)3/h11-13,15H,6-10H2,1-5H3. The largest absolute Gasteiger partial charge is 0.379 e. The minimum absolute atomic E-state index is 0.298. The molecule has 3 nitrogen and oxygen atoms in total. The van der Waals surface area contributed by atoms with E-state index >= 15 is 0 Å². The summed E-state index contributed by atoms with van der Waals surface area (Å²) < 4.78 is 11.5. The van der Waals surface area contributed by atoms with E-state index in [0.717, 1.165) is 32.7 Å². The van der Waals surface area contributed by atoms with Gasteiger partial charge >= 0.3 is 0 Å². The molecule has 0 amide bonds. The van der Waals surface area contributed by atoms with E-state index < -0.39 is 0 Å². The first kappa shape index (κ1) is 14.9. The third kappa shape index (κ3) is 3.67. The lowest BCUT2D eigenvalue weighted by Crippen LogP contribution is -2.61. The summed E-state index contributed by atoms with van der Waals surface area (Å²) in [5.41, 5.74) is 0.298. The SMILES string of the molecule is CCC1(C)C(NC)CC1OCCOCC(C)C. The molecule has 0 aromatic heterocycles. The van der Waals surface area contributed by atoms with Crippen LogP contribution in [0.2, 0.25) is 0 Å². The van der Waals surface area contributed by atoms with E-state index in [4.69, 9.17) is 9.47 Å². The smallest absolute Gasteiger partial charge is 0.0704 e. The molecule has 0 saturated heterocycles. The van der Waals surface area contributed by atoms with Gasteiger partial charge in [-0.1, -0.05) is 27.7 Å². The highest BCUT2D eigenvalue weighted by Crippen LogP contribution is 2.45. The molecule has 102 valence electrons. The van der Waals surface area contributed by atoms with Crippen LogP contribution in [-0.2, 0) is 9.47 Å². The van der Waals surface area contributed by atoms with Crippen molar-refractivity contribution in [2.75, 3.05) is 26.9 Å². The Morgan fingerprint density at radius 3 is 2.59 bits per heavy atom. The van der Waals surface area contributed by atoms with Gasteiger partial charge in [-0.3, -0.25) is 0 Å². The Balaban J connectivity index is 2.16. The Kier molecular flexibility index (Phi) is 5.90. The zero-order valence-electron chi connectivity index (χ0n) is 12.1. The lowest BCUT2D eigenvalue weighted by molar-refractivity contribution is -0.136. The first-order valence-electron chi connectivity index (χ1n) is 6.91. The molecule has 1 rings (SSSR count). The van der Waals surface area contributed by atoms with Crippen molar-refractivity contribution < 1.29 is 9.47 Å². The second kappa shape index (κ2) is 6.72. The van der Waals surface area contributed by atoms with Gasteiger partial charge in [-0.2, -0.15) is 0 Å². The Hall–Kier alpha value is -0.120. The van der Waals surface area contributed by atoms with Crippen LogP contribution in [0.3, 0.4) is 0 Å². The quantitative estimate of drug-likeness (QED) is 0.664. The van der Waals surface area contributed by atoms with Crippen LogP contribution in [0, 0.1) is 11.3 Å². The first-order chi connectivity index (χ1) is 8.04. The molecule has 17 heavy (non-hydrogen) atoms. The zero-order valence-corrected chi connectivity index (χ0v) is 12.1. The zero-order chi connectivity index (χ0) is 12.9. The molecule has 1 N–H and O–H groups in total. The highest BCUT2D eigenvalue weighted by Gasteiger charge is 2.50. The molecular formula is C14H29NO2. The fourth-order valence-corrected chi connectivity index (χ4v) is 2.56. The van der Waals surface area contributed by atoms with Gasteiger partial charge in [0.2, 0.25) is 0 Å². The molecule has 1 fully saturated rings. The van der Waals surface area contributed by atoms with Crippen molar-refractivity contribution in [3.63, 3.8) is 0 Å². The topological polar surface area (TPSA) is 30.5 Å². The van der Waals surface area contributed by atoms with Crippen molar-refractivity contribution in [1.82, 2.24) is 5.32 Å². The second-order valence-corrected chi connectivity index (χ2v) is 5.76. The van der Waals surface area contributed by atoms with Crippen LogP contribution in [-0.4, -0.2) is 39.0 Å². The molecule has 0 bridgehead atoms. The third-order valence-corrected chi connectivity index (χ3v) is 4.09. The average Bonchev–Trinajstić information content (AvgIpc) is 2.30. The van der Waals surface area contributed by atoms with Crippen molar-refractivity contribution in [1.29, 1.82) is 0 Å². The summed E-state index contributed by atoms with van der Waals surface area (Å²) in [5.74, 6) is 0.605. The maximum Gasteiger partial charge on any atom is 0.0704 e. The van der Waals surface area contributed by atoms with E-state index in [-0.39, 0.29) is 0 Å². The molecule has 0 spiro atoms. The second-order valence-electron chi connectivity index (χ2n) is 5.76. The normalized spacial score (nSPS) is 32.8. The molecule has 1 aliphatic rings. The Bertz CT molecular complexity index is 220. The van der Waals surface area contributed by atoms with Crippen molar-refractivity contribution in [3.05, 3.63) is 0 Å². The van der Waals surface area contributed by atoms with Gasteiger partial charge in [-0.15, -0.1) is 0 Å². The monoisotopic (exact) mass is 243 g/mol. The lowest BCUT2D eigenvalue weighted by Gasteiger charge is -2.53. The average molecular weight is 243 g/mol. The van der Waals surface area contributed by atoms with E-state index in [1.807, 2.05) is 7.05 Å². The number of hydrogen-bond acceptors (Lipinski definition) is 3. The van der Waals surface area contributed by atoms with Crippen molar-refractivity contribution in [3.8, 4) is 0 Å². The van der Waals surface area contributed by atoms with Crippen LogP contribution in [0.15, 0.2) is 0 Å². The molecule has 0 aromatic carbocycles. The minimum atomic E-state index is 0.298. The Morgan fingerprint density at radius 1 is 1.35 bits per heavy atom. The van der Waals surface area contributed by atoms with Crippen molar-refractivity contribution >= 4 is 0 Å². The van der Waals surface area contributed by atoms with E-state index in [1.54, 1.807) is 0 Å². The first-order valence-corrected chi connectivity index (χ1v) is 6.91. The molecule has 0 heterocycles. The van der Waals surface area contributed by atoms with Gasteiger partial charge in [0.05, 0.1) is 19.3 Å². The van der Waals surface area contributed by atoms with Crippen LogP contribution in [0.4, 0.5) is 0 Å². The summed E-state index contributed by atoms with van der Waals surface area (Å²) in [4.78, 5) is 0. The predicted octanol–water partition coefficient (Wildman–Crippen LogP) is 2.45. The number of rotatable bonds is 8. The van der Waals surface area contributed by atoms with E-state index in [1.165, 1.54) is 0 Å². The van der Waals surface area contributed by atoms with Crippen LogP contribution in [0.1, 0.15) is 40.5 Å². The summed E-state index contributed by atoms with van der Waals surface area (Å²) in [7, 11) is 2.04. The molecule has 1 saturated carbocycles. The molecule has 3 unspecified atom stereocenters. The number of nitrogens with one attached hydrogen (secondary N) is 1. The summed E-state index contributed by atoms with van der Waals surface area (Å²) in [5, 5.41) is 3.38. The molecule has 3 heteroatoms. The van der Waals surface area contributed by atoms with Gasteiger partial charge in [0.25, 0.3) is 0 Å². The van der Waals surface area contributed by atoms with Crippen LogP contribution < -0.4 is 5.32 Å². The maximum atomic E-state index is 5.93. The van der Waals surface area contributed by atoms with Gasteiger partial charge in [-0.05, 0) is 25.8 Å². The number of hydrogen-bond donors (Lipinski definition) is 1. The van der Waals surface area contributed by atoms with Crippen molar-refractivity contribution in [2.45, 2.75) is 52.7 Å². The Morgan fingerprint density at radius 2 is 2.06 bits per heavy atom. The van der Waals surface area contributed by atoms with Crippen molar-refractivity contribution in [2.24, 2.45) is 11.3 Å². The summed E-state index contributed by atoms with van der Waals surface area (Å²) in [6.45, 7) is 11.2. The van der Waals surface area contributed by atoms with E-state index in [2.05, 4.69) is 33.0 Å². The molecule has 1 aliphatic carbocycles. The highest BCUT2D eigenvalue weighted by molar-refractivity contribution is 5.04. The van der Waals surface area contributed by atoms with Gasteiger partial charge in [0, 0.05) is 18.1 Å². The Labute approximate surface area is 106 Å². The number of ether oxygens (including phenoxy) is 2. The van der Waals surface area contributed by atoms with Crippen LogP contribution in [0.25, 0.3) is 0 Å². The third-order valence-electron chi connectivity index (χ3n) is 4.09. The van der Waals surface area contributed by atoms with E-state index in [9.17, 15) is 0 Å². The van der Waals surface area contributed by atoms with Gasteiger partial charge in [-0.25, -0.2) is 0 Å². The highest BCUT2D eigenvalue weighted by atomic mass is 16.5. The van der Waals surface area contributed by atoms with E-state index in [0.29, 0.717) is 23.5 Å². The predicted molar refractivity (Wildman–Crippen MR) is 71.3 cm³/mol. The fourth-order valence-electron chi connectivity index (χ4n) is 2.56. The van der Waals surface area contributed by atoms with Crippen LogP contribution in [0.5, 0.6) is 0 Å². The van der Waals surface area contributed by atoms with Gasteiger partial charge in [0.15, 0.2) is 0 Å². The van der Waals surface area contributed by atoms with Crippen LogP contribution >= 0.6 is 0 Å². The van der Waals surface area contributed by atoms with Gasteiger partial charge < -0.3 is 14.8 Å². The molecule has 0 aliphatic heterocycles. The molecule has 0 radical (unpaired) electrons. The molecule has 3 atom stereocenters. The minimum Gasteiger partial charge on any atom is -0.379 e. The molecule has 0 aromatic rings. The van der Waals surface area contributed by atoms with Gasteiger partial charge in [0.1, 0.15) is 0 Å². The molecular weight excluding hydrogens is 214 g/mol. The summed E-state index contributed by atoms with van der Waals surface area (Å²) in [6, 6.07) is 0.606. The summed E-state index contributed by atoms with van der Waals surface area (Å²) >= 11 is 0. The lowest BCUT2D eigenvalue weighted by atomic mass is 9.61.